The van der Waals surface area contributed by atoms with Gasteiger partial charge in [-0.2, -0.15) is 4.31 Å². The minimum absolute atomic E-state index is 0.0215. The van der Waals surface area contributed by atoms with Crippen LogP contribution >= 0.6 is 0 Å². The first-order valence-corrected chi connectivity index (χ1v) is 16.2. The third kappa shape index (κ3) is 6.56. The van der Waals surface area contributed by atoms with Crippen LogP contribution in [-0.2, 0) is 21.4 Å². The lowest BCUT2D eigenvalue weighted by atomic mass is 10.0. The number of hydrogen-bond acceptors (Lipinski definition) is 6. The Balaban J connectivity index is 1.24. The SMILES string of the molecule is O=C(NCCCn1ccnc1)C1CN(C(=O)Nc2ccccc2-c2ccccc2)CCN1S(=O)(=O)c1cccc2cccnc12. The molecule has 6 rings (SSSR count). The normalized spacial score (nSPS) is 15.6. The molecule has 3 heterocycles. The van der Waals surface area contributed by atoms with Gasteiger partial charge in [-0.15, -0.1) is 0 Å². The predicted molar refractivity (Wildman–Crippen MR) is 172 cm³/mol. The van der Waals surface area contributed by atoms with Gasteiger partial charge >= 0.3 is 6.03 Å². The van der Waals surface area contributed by atoms with E-state index in [4.69, 9.17) is 0 Å². The monoisotopic (exact) mass is 623 g/mol. The van der Waals surface area contributed by atoms with E-state index in [0.29, 0.717) is 36.1 Å². The molecule has 11 nitrogen and oxygen atoms in total. The quantitative estimate of drug-likeness (QED) is 0.237. The lowest BCUT2D eigenvalue weighted by molar-refractivity contribution is -0.126. The van der Waals surface area contributed by atoms with Crippen LogP contribution in [0.2, 0.25) is 0 Å². The fourth-order valence-electron chi connectivity index (χ4n) is 5.53. The standard InChI is InChI=1S/C33H33N7O4S/c41-32(36-17-8-19-38-20-18-34-24-38)29-23-39(33(42)37-28-14-5-4-13-27(28)25-9-2-1-3-10-25)21-22-40(29)45(43,44)30-15-6-11-26-12-7-16-35-31(26)30/h1-7,9-16,18,20,24,29H,8,17,19,21-23H2,(H,36,41)(H,37,42). The fraction of sp³-hybridized carbons (Fsp3) is 0.212. The van der Waals surface area contributed by atoms with Crippen LogP contribution in [0.25, 0.3) is 22.0 Å². The maximum atomic E-state index is 14.1. The molecule has 230 valence electrons. The number of hydrogen-bond donors (Lipinski definition) is 2. The smallest absolute Gasteiger partial charge is 0.321 e. The molecule has 1 unspecified atom stereocenters. The lowest BCUT2D eigenvalue weighted by Crippen LogP contribution is -2.62. The van der Waals surface area contributed by atoms with Crippen molar-refractivity contribution in [2.24, 2.45) is 0 Å². The molecule has 12 heteroatoms. The number of fused-ring (bicyclic) bond motifs is 1. The average Bonchev–Trinajstić information content (AvgIpc) is 3.60. The van der Waals surface area contributed by atoms with Crippen molar-refractivity contribution in [3.63, 3.8) is 0 Å². The highest BCUT2D eigenvalue weighted by Gasteiger charge is 2.42. The molecule has 1 fully saturated rings. The van der Waals surface area contributed by atoms with Gasteiger partial charge in [0.15, 0.2) is 0 Å². The average molecular weight is 624 g/mol. The number of para-hydroxylation sites is 2. The molecule has 1 saturated heterocycles. The second kappa shape index (κ2) is 13.3. The second-order valence-electron chi connectivity index (χ2n) is 10.7. The molecule has 1 aliphatic heterocycles. The summed E-state index contributed by atoms with van der Waals surface area (Å²) in [7, 11) is -4.16. The third-order valence-electron chi connectivity index (χ3n) is 7.81. The Bertz CT molecular complexity index is 1890. The Hall–Kier alpha value is -5.07. The first kappa shape index (κ1) is 30.0. The van der Waals surface area contributed by atoms with Gasteiger partial charge in [0.05, 0.1) is 17.5 Å². The summed E-state index contributed by atoms with van der Waals surface area (Å²) in [4.78, 5) is 37.1. The van der Waals surface area contributed by atoms with Crippen molar-refractivity contribution in [3.05, 3.63) is 110 Å². The van der Waals surface area contributed by atoms with E-state index in [1.54, 1.807) is 43.0 Å². The molecule has 2 aromatic heterocycles. The minimum atomic E-state index is -4.16. The van der Waals surface area contributed by atoms with E-state index in [9.17, 15) is 18.0 Å². The largest absolute Gasteiger partial charge is 0.355 e. The number of piperazine rings is 1. The number of benzene rings is 3. The van der Waals surface area contributed by atoms with E-state index < -0.39 is 28.0 Å². The summed E-state index contributed by atoms with van der Waals surface area (Å²) in [5.41, 5.74) is 2.74. The van der Waals surface area contributed by atoms with Gasteiger partial charge in [-0.1, -0.05) is 66.7 Å². The van der Waals surface area contributed by atoms with Gasteiger partial charge in [-0.25, -0.2) is 18.2 Å². The van der Waals surface area contributed by atoms with Crippen LogP contribution in [0.5, 0.6) is 0 Å². The zero-order valence-corrected chi connectivity index (χ0v) is 25.3. The van der Waals surface area contributed by atoms with Gasteiger partial charge in [0.25, 0.3) is 0 Å². The number of pyridine rings is 1. The molecule has 1 aliphatic rings. The van der Waals surface area contributed by atoms with Crippen LogP contribution in [0.15, 0.2) is 115 Å². The van der Waals surface area contributed by atoms with Gasteiger partial charge in [0.2, 0.25) is 15.9 Å². The van der Waals surface area contributed by atoms with Gasteiger partial charge in [-0.3, -0.25) is 9.78 Å². The Morgan fingerprint density at radius 3 is 2.51 bits per heavy atom. The van der Waals surface area contributed by atoms with E-state index in [0.717, 1.165) is 11.1 Å². The molecular formula is C33H33N7O4S. The number of nitrogens with zero attached hydrogens (tertiary/aromatic N) is 5. The van der Waals surface area contributed by atoms with Crippen molar-refractivity contribution >= 4 is 38.6 Å². The first-order chi connectivity index (χ1) is 21.9. The molecule has 1 atom stereocenters. The van der Waals surface area contributed by atoms with Crippen molar-refractivity contribution < 1.29 is 18.0 Å². The zero-order valence-electron chi connectivity index (χ0n) is 24.5. The molecule has 45 heavy (non-hydrogen) atoms. The number of sulfonamides is 1. The molecule has 3 aromatic carbocycles. The van der Waals surface area contributed by atoms with Gasteiger partial charge in [0.1, 0.15) is 10.9 Å². The fourth-order valence-corrected chi connectivity index (χ4v) is 7.27. The number of carbonyl (C=O) groups excluding carboxylic acids is 2. The van der Waals surface area contributed by atoms with Crippen LogP contribution in [0.1, 0.15) is 6.42 Å². The highest BCUT2D eigenvalue weighted by Crippen LogP contribution is 2.30. The van der Waals surface area contributed by atoms with Crippen molar-refractivity contribution in [1.82, 2.24) is 29.1 Å². The van der Waals surface area contributed by atoms with Crippen molar-refractivity contribution in [3.8, 4) is 11.1 Å². The lowest BCUT2D eigenvalue weighted by Gasteiger charge is -2.39. The molecule has 0 spiro atoms. The van der Waals surface area contributed by atoms with Crippen LogP contribution in [0.3, 0.4) is 0 Å². The van der Waals surface area contributed by atoms with E-state index >= 15 is 0 Å². The number of aryl methyl sites for hydroxylation is 1. The van der Waals surface area contributed by atoms with Crippen LogP contribution in [0.4, 0.5) is 10.5 Å². The number of nitrogens with one attached hydrogen (secondary N) is 2. The molecule has 5 aromatic rings. The van der Waals surface area contributed by atoms with E-state index in [1.165, 1.54) is 15.3 Å². The maximum Gasteiger partial charge on any atom is 0.321 e. The van der Waals surface area contributed by atoms with E-state index in [-0.39, 0.29) is 24.5 Å². The summed E-state index contributed by atoms with van der Waals surface area (Å²) in [6, 6.07) is 24.1. The Morgan fingerprint density at radius 1 is 0.889 bits per heavy atom. The number of urea groups is 1. The van der Waals surface area contributed by atoms with Crippen molar-refractivity contribution in [2.75, 3.05) is 31.5 Å². The predicted octanol–water partition coefficient (Wildman–Crippen LogP) is 4.21. The van der Waals surface area contributed by atoms with E-state index in [1.807, 2.05) is 65.4 Å². The number of imidazole rings is 1. The summed E-state index contributed by atoms with van der Waals surface area (Å²) >= 11 is 0. The summed E-state index contributed by atoms with van der Waals surface area (Å²) in [5.74, 6) is -0.473. The number of carbonyl (C=O) groups is 2. The Morgan fingerprint density at radius 2 is 1.69 bits per heavy atom. The molecule has 0 aliphatic carbocycles. The van der Waals surface area contributed by atoms with E-state index in [2.05, 4.69) is 20.6 Å². The summed E-state index contributed by atoms with van der Waals surface area (Å²) in [5, 5.41) is 6.55. The molecule has 0 bridgehead atoms. The van der Waals surface area contributed by atoms with Crippen LogP contribution in [-0.4, -0.2) is 76.3 Å². The third-order valence-corrected chi connectivity index (χ3v) is 9.75. The first-order valence-electron chi connectivity index (χ1n) is 14.7. The molecule has 3 amide bonds. The molecule has 0 radical (unpaired) electrons. The highest BCUT2D eigenvalue weighted by molar-refractivity contribution is 7.89. The number of amides is 3. The summed E-state index contributed by atoms with van der Waals surface area (Å²) in [6.45, 7) is 0.885. The summed E-state index contributed by atoms with van der Waals surface area (Å²) in [6.07, 6.45) is 7.38. The molecule has 0 saturated carbocycles. The highest BCUT2D eigenvalue weighted by atomic mass is 32.2. The number of aromatic nitrogens is 3. The molecular weight excluding hydrogens is 590 g/mol. The van der Waals surface area contributed by atoms with Crippen LogP contribution < -0.4 is 10.6 Å². The number of rotatable bonds is 9. The maximum absolute atomic E-state index is 14.1. The van der Waals surface area contributed by atoms with Gasteiger partial charge < -0.3 is 20.1 Å². The van der Waals surface area contributed by atoms with Crippen molar-refractivity contribution in [2.45, 2.75) is 23.9 Å². The van der Waals surface area contributed by atoms with Gasteiger partial charge in [-0.05, 0) is 30.2 Å². The minimum Gasteiger partial charge on any atom is -0.355 e. The Kier molecular flexibility index (Phi) is 8.85. The topological polar surface area (TPSA) is 130 Å². The second-order valence-corrected chi connectivity index (χ2v) is 12.6. The van der Waals surface area contributed by atoms with Crippen molar-refractivity contribution in [1.29, 1.82) is 0 Å². The number of anilines is 1. The Labute approximate surface area is 261 Å². The van der Waals surface area contributed by atoms with Gasteiger partial charge in [0, 0.05) is 62.3 Å². The van der Waals surface area contributed by atoms with Crippen LogP contribution in [0, 0.1) is 0 Å². The summed E-state index contributed by atoms with van der Waals surface area (Å²) < 4.78 is 31.4. The molecule has 2 N–H and O–H groups in total. The zero-order chi connectivity index (χ0) is 31.2.